The topological polar surface area (TPSA) is 71.1 Å². The molecular formula is C12H15N3O2S. The zero-order chi connectivity index (χ0) is 13.1. The highest BCUT2D eigenvalue weighted by atomic mass is 32.2. The van der Waals surface area contributed by atoms with Crippen molar-refractivity contribution >= 4 is 29.4 Å². The van der Waals surface area contributed by atoms with E-state index in [0.29, 0.717) is 11.6 Å². The number of rotatable bonds is 2. The summed E-state index contributed by atoms with van der Waals surface area (Å²) in [5.74, 6) is 0.784. The molecule has 1 saturated heterocycles. The molecule has 0 spiro atoms. The van der Waals surface area contributed by atoms with Crippen LogP contribution in [0.25, 0.3) is 0 Å². The molecule has 1 aromatic heterocycles. The third-order valence-electron chi connectivity index (χ3n) is 2.68. The molecule has 96 valence electrons. The average Bonchev–Trinajstić information content (AvgIpc) is 2.32. The minimum absolute atomic E-state index is 0.0915. The second-order valence-electron chi connectivity index (χ2n) is 4.24. The Hall–Kier alpha value is -1.56. The number of aryl methyl sites for hydroxylation is 1. The van der Waals surface area contributed by atoms with Crippen molar-refractivity contribution in [2.45, 2.75) is 25.1 Å². The van der Waals surface area contributed by atoms with Crippen LogP contribution in [0.1, 0.15) is 12.5 Å². The standard InChI is InChI=1S/C12H15N3O2S/c1-7-3-4-13-10(5-7)15-12(17)9-6-18-8(2)11(16)14-9/h3-5,8-9H,6H2,1-2H3,(H,14,16)(H,13,15,17)/t8-,9-/m1/s1. The predicted molar refractivity (Wildman–Crippen MR) is 71.5 cm³/mol. The van der Waals surface area contributed by atoms with E-state index >= 15 is 0 Å². The van der Waals surface area contributed by atoms with E-state index < -0.39 is 6.04 Å². The Kier molecular flexibility index (Phi) is 3.86. The van der Waals surface area contributed by atoms with Gasteiger partial charge in [-0.3, -0.25) is 9.59 Å². The maximum Gasteiger partial charge on any atom is 0.248 e. The average molecular weight is 265 g/mol. The lowest BCUT2D eigenvalue weighted by atomic mass is 10.2. The molecular weight excluding hydrogens is 250 g/mol. The van der Waals surface area contributed by atoms with Gasteiger partial charge in [0, 0.05) is 11.9 Å². The van der Waals surface area contributed by atoms with Gasteiger partial charge in [-0.25, -0.2) is 4.98 Å². The highest BCUT2D eigenvalue weighted by molar-refractivity contribution is 8.00. The maximum absolute atomic E-state index is 12.0. The van der Waals surface area contributed by atoms with Crippen molar-refractivity contribution in [3.05, 3.63) is 23.9 Å². The molecule has 1 aliphatic rings. The first-order chi connectivity index (χ1) is 8.56. The number of amides is 2. The molecule has 1 aromatic rings. The van der Waals surface area contributed by atoms with Crippen molar-refractivity contribution in [1.29, 1.82) is 0 Å². The molecule has 18 heavy (non-hydrogen) atoms. The van der Waals surface area contributed by atoms with Gasteiger partial charge in [-0.2, -0.15) is 0 Å². The molecule has 1 fully saturated rings. The number of hydrogen-bond donors (Lipinski definition) is 2. The lowest BCUT2D eigenvalue weighted by Gasteiger charge is -2.25. The summed E-state index contributed by atoms with van der Waals surface area (Å²) < 4.78 is 0. The van der Waals surface area contributed by atoms with E-state index in [2.05, 4.69) is 15.6 Å². The second kappa shape index (κ2) is 5.39. The van der Waals surface area contributed by atoms with Gasteiger partial charge >= 0.3 is 0 Å². The van der Waals surface area contributed by atoms with E-state index in [9.17, 15) is 9.59 Å². The summed E-state index contributed by atoms with van der Waals surface area (Å²) in [6.45, 7) is 3.76. The molecule has 0 bridgehead atoms. The van der Waals surface area contributed by atoms with Gasteiger partial charge < -0.3 is 10.6 Å². The molecule has 0 aromatic carbocycles. The molecule has 2 rings (SSSR count). The number of thioether (sulfide) groups is 1. The number of hydrogen-bond acceptors (Lipinski definition) is 4. The number of anilines is 1. The van der Waals surface area contributed by atoms with Crippen molar-refractivity contribution in [2.24, 2.45) is 0 Å². The Morgan fingerprint density at radius 3 is 3.06 bits per heavy atom. The van der Waals surface area contributed by atoms with Crippen LogP contribution in [-0.4, -0.2) is 33.8 Å². The van der Waals surface area contributed by atoms with Gasteiger partial charge in [0.2, 0.25) is 11.8 Å². The van der Waals surface area contributed by atoms with Crippen LogP contribution < -0.4 is 10.6 Å². The molecule has 2 amide bonds. The Bertz CT molecular complexity index is 478. The summed E-state index contributed by atoms with van der Waals surface area (Å²) in [7, 11) is 0. The number of pyridine rings is 1. The number of nitrogens with zero attached hydrogens (tertiary/aromatic N) is 1. The van der Waals surface area contributed by atoms with Crippen LogP contribution in [0.4, 0.5) is 5.82 Å². The third-order valence-corrected chi connectivity index (χ3v) is 3.92. The van der Waals surface area contributed by atoms with Gasteiger partial charge in [-0.05, 0) is 31.5 Å². The van der Waals surface area contributed by atoms with E-state index in [1.165, 1.54) is 11.8 Å². The fraction of sp³-hybridized carbons (Fsp3) is 0.417. The van der Waals surface area contributed by atoms with Crippen molar-refractivity contribution in [1.82, 2.24) is 10.3 Å². The Morgan fingerprint density at radius 2 is 2.39 bits per heavy atom. The first-order valence-electron chi connectivity index (χ1n) is 5.72. The lowest BCUT2D eigenvalue weighted by molar-refractivity contribution is -0.125. The molecule has 2 heterocycles. The molecule has 2 atom stereocenters. The largest absolute Gasteiger partial charge is 0.343 e. The van der Waals surface area contributed by atoms with Crippen LogP contribution in [0, 0.1) is 6.92 Å². The molecule has 0 aliphatic carbocycles. The molecule has 2 N–H and O–H groups in total. The summed E-state index contributed by atoms with van der Waals surface area (Å²) >= 11 is 1.48. The van der Waals surface area contributed by atoms with Crippen LogP contribution in [0.15, 0.2) is 18.3 Å². The second-order valence-corrected chi connectivity index (χ2v) is 5.62. The monoisotopic (exact) mass is 265 g/mol. The summed E-state index contributed by atoms with van der Waals surface area (Å²) in [6.07, 6.45) is 1.64. The third kappa shape index (κ3) is 3.01. The highest BCUT2D eigenvalue weighted by Gasteiger charge is 2.29. The quantitative estimate of drug-likeness (QED) is 0.835. The van der Waals surface area contributed by atoms with Gasteiger partial charge in [-0.1, -0.05) is 0 Å². The minimum atomic E-state index is -0.485. The Labute approximate surface area is 110 Å². The summed E-state index contributed by atoms with van der Waals surface area (Å²) in [4.78, 5) is 27.5. The van der Waals surface area contributed by atoms with Crippen molar-refractivity contribution < 1.29 is 9.59 Å². The smallest absolute Gasteiger partial charge is 0.248 e. The van der Waals surface area contributed by atoms with Crippen LogP contribution in [-0.2, 0) is 9.59 Å². The van der Waals surface area contributed by atoms with Gasteiger partial charge in [0.25, 0.3) is 0 Å². The van der Waals surface area contributed by atoms with Crippen molar-refractivity contribution in [3.8, 4) is 0 Å². The highest BCUT2D eigenvalue weighted by Crippen LogP contribution is 2.18. The molecule has 0 radical (unpaired) electrons. The van der Waals surface area contributed by atoms with Gasteiger partial charge in [-0.15, -0.1) is 11.8 Å². The van der Waals surface area contributed by atoms with Gasteiger partial charge in [0.1, 0.15) is 11.9 Å². The van der Waals surface area contributed by atoms with E-state index in [1.54, 1.807) is 12.3 Å². The van der Waals surface area contributed by atoms with E-state index in [-0.39, 0.29) is 17.1 Å². The number of carbonyl (C=O) groups excluding carboxylic acids is 2. The number of nitrogens with one attached hydrogen (secondary N) is 2. The van der Waals surface area contributed by atoms with Crippen LogP contribution in [0.2, 0.25) is 0 Å². The number of carbonyl (C=O) groups is 2. The van der Waals surface area contributed by atoms with Crippen LogP contribution in [0.3, 0.4) is 0 Å². The van der Waals surface area contributed by atoms with Crippen molar-refractivity contribution in [3.63, 3.8) is 0 Å². The summed E-state index contributed by atoms with van der Waals surface area (Å²) in [6, 6.07) is 3.16. The molecule has 6 heteroatoms. The molecule has 0 unspecified atom stereocenters. The SMILES string of the molecule is Cc1ccnc(NC(=O)[C@H]2CS[C@H](C)C(=O)N2)c1. The minimum Gasteiger partial charge on any atom is -0.343 e. The van der Waals surface area contributed by atoms with Gasteiger partial charge in [0.05, 0.1) is 5.25 Å². The predicted octanol–water partition coefficient (Wildman–Crippen LogP) is 0.949. The van der Waals surface area contributed by atoms with Crippen LogP contribution >= 0.6 is 11.8 Å². The number of aromatic nitrogens is 1. The molecule has 5 nitrogen and oxygen atoms in total. The first kappa shape index (κ1) is 12.9. The zero-order valence-corrected chi connectivity index (χ0v) is 11.1. The molecule has 0 saturated carbocycles. The van der Waals surface area contributed by atoms with Gasteiger partial charge in [0.15, 0.2) is 0 Å². The van der Waals surface area contributed by atoms with Crippen molar-refractivity contribution in [2.75, 3.05) is 11.1 Å². The molecule has 1 aliphatic heterocycles. The van der Waals surface area contributed by atoms with Crippen LogP contribution in [0.5, 0.6) is 0 Å². The fourth-order valence-electron chi connectivity index (χ4n) is 1.61. The van der Waals surface area contributed by atoms with E-state index in [4.69, 9.17) is 0 Å². The lowest BCUT2D eigenvalue weighted by Crippen LogP contribution is -2.51. The summed E-state index contributed by atoms with van der Waals surface area (Å²) in [5.41, 5.74) is 1.02. The Balaban J connectivity index is 1.98. The maximum atomic E-state index is 12.0. The summed E-state index contributed by atoms with van der Waals surface area (Å²) in [5, 5.41) is 5.32. The normalized spacial score (nSPS) is 23.3. The zero-order valence-electron chi connectivity index (χ0n) is 10.3. The fourth-order valence-corrected chi connectivity index (χ4v) is 2.54. The first-order valence-corrected chi connectivity index (χ1v) is 6.76. The van der Waals surface area contributed by atoms with E-state index in [0.717, 1.165) is 5.56 Å². The van der Waals surface area contributed by atoms with E-state index in [1.807, 2.05) is 19.9 Å². The Morgan fingerprint density at radius 1 is 1.61 bits per heavy atom.